The van der Waals surface area contributed by atoms with Crippen LogP contribution in [0.15, 0.2) is 12.1 Å². The van der Waals surface area contributed by atoms with E-state index in [1.54, 1.807) is 6.07 Å². The minimum Gasteiger partial charge on any atom is -0.480 e. The second-order valence-electron chi connectivity index (χ2n) is 4.61. The van der Waals surface area contributed by atoms with E-state index in [1.165, 1.54) is 11.0 Å². The van der Waals surface area contributed by atoms with Gasteiger partial charge >= 0.3 is 5.97 Å². The van der Waals surface area contributed by atoms with Crippen molar-refractivity contribution in [3.63, 3.8) is 0 Å². The summed E-state index contributed by atoms with van der Waals surface area (Å²) < 4.78 is 0. The van der Waals surface area contributed by atoms with Gasteiger partial charge in [-0.25, -0.2) is 4.98 Å². The fourth-order valence-electron chi connectivity index (χ4n) is 1.82. The molecule has 0 bridgehead atoms. The number of nitrogens with zero attached hydrogens (tertiary/aromatic N) is 2. The van der Waals surface area contributed by atoms with E-state index in [0.717, 1.165) is 0 Å². The Morgan fingerprint density at radius 1 is 1.40 bits per heavy atom. The van der Waals surface area contributed by atoms with E-state index < -0.39 is 5.97 Å². The molecule has 20 heavy (non-hydrogen) atoms. The number of aliphatic carboxylic acids is 1. The number of carboxylic acids is 1. The number of carbonyl (C=O) groups excluding carboxylic acids is 1. The van der Waals surface area contributed by atoms with Gasteiger partial charge in [-0.1, -0.05) is 25.4 Å². The molecular formula is C14H19ClN2O3. The molecule has 0 spiro atoms. The van der Waals surface area contributed by atoms with Crippen LogP contribution in [0.3, 0.4) is 0 Å². The zero-order valence-electron chi connectivity index (χ0n) is 11.9. The van der Waals surface area contributed by atoms with E-state index in [1.807, 2.05) is 20.8 Å². The first-order chi connectivity index (χ1) is 9.38. The fraction of sp³-hybridized carbons (Fsp3) is 0.500. The van der Waals surface area contributed by atoms with E-state index in [9.17, 15) is 9.59 Å². The summed E-state index contributed by atoms with van der Waals surface area (Å²) in [7, 11) is 0. The van der Waals surface area contributed by atoms with Gasteiger partial charge < -0.3 is 10.0 Å². The first-order valence-electron chi connectivity index (χ1n) is 6.58. The van der Waals surface area contributed by atoms with Gasteiger partial charge in [-0.2, -0.15) is 0 Å². The molecule has 0 aliphatic rings. The van der Waals surface area contributed by atoms with E-state index in [2.05, 4.69) is 4.98 Å². The number of halogens is 1. The predicted octanol–water partition coefficient (Wildman–Crippen LogP) is 2.62. The Morgan fingerprint density at radius 2 is 2.05 bits per heavy atom. The summed E-state index contributed by atoms with van der Waals surface area (Å²) in [6.45, 7) is 5.32. The van der Waals surface area contributed by atoms with E-state index >= 15 is 0 Å². The molecule has 1 N–H and O–H groups in total. The molecule has 1 aromatic rings. The van der Waals surface area contributed by atoms with Crippen molar-refractivity contribution in [2.24, 2.45) is 0 Å². The van der Waals surface area contributed by atoms with Gasteiger partial charge in [0.2, 0.25) is 0 Å². The van der Waals surface area contributed by atoms with Crippen LogP contribution in [0.1, 0.15) is 43.2 Å². The first-order valence-corrected chi connectivity index (χ1v) is 6.96. The largest absolute Gasteiger partial charge is 0.480 e. The lowest BCUT2D eigenvalue weighted by molar-refractivity contribution is -0.138. The van der Waals surface area contributed by atoms with E-state index in [4.69, 9.17) is 16.7 Å². The summed E-state index contributed by atoms with van der Waals surface area (Å²) in [4.78, 5) is 28.8. The van der Waals surface area contributed by atoms with Crippen LogP contribution < -0.4 is 0 Å². The zero-order chi connectivity index (χ0) is 15.3. The average Bonchev–Trinajstić information content (AvgIpc) is 2.42. The fourth-order valence-corrected chi connectivity index (χ4v) is 2.04. The van der Waals surface area contributed by atoms with Gasteiger partial charge in [0.1, 0.15) is 11.7 Å². The lowest BCUT2D eigenvalue weighted by Crippen LogP contribution is -2.41. The molecule has 1 unspecified atom stereocenters. The molecule has 1 amide bonds. The van der Waals surface area contributed by atoms with Crippen molar-refractivity contribution in [3.05, 3.63) is 28.5 Å². The smallest absolute Gasteiger partial charge is 0.323 e. The van der Waals surface area contributed by atoms with Crippen LogP contribution in [0.25, 0.3) is 0 Å². The SMILES string of the molecule is CCc1cc(C(=O)N(CC(=O)O)C(C)CC)cc(Cl)n1. The third-order valence-electron chi connectivity index (χ3n) is 3.15. The Hall–Kier alpha value is -1.62. The monoisotopic (exact) mass is 298 g/mol. The Labute approximate surface area is 123 Å². The standard InChI is InChI=1S/C14H19ClN2O3/c1-4-9(3)17(8-13(18)19)14(20)10-6-11(5-2)16-12(15)7-10/h6-7,9H,4-5,8H2,1-3H3,(H,18,19). The maximum atomic E-state index is 12.5. The molecule has 0 fully saturated rings. The van der Waals surface area contributed by atoms with Crippen LogP contribution in [-0.2, 0) is 11.2 Å². The van der Waals surface area contributed by atoms with Crippen molar-refractivity contribution in [2.75, 3.05) is 6.54 Å². The normalized spacial score (nSPS) is 12.0. The molecule has 5 nitrogen and oxygen atoms in total. The average molecular weight is 299 g/mol. The number of aromatic nitrogens is 1. The van der Waals surface area contributed by atoms with Crippen molar-refractivity contribution < 1.29 is 14.7 Å². The predicted molar refractivity (Wildman–Crippen MR) is 77.1 cm³/mol. The quantitative estimate of drug-likeness (QED) is 0.820. The molecule has 1 heterocycles. The van der Waals surface area contributed by atoms with Crippen molar-refractivity contribution in [1.82, 2.24) is 9.88 Å². The second kappa shape index (κ2) is 7.24. The van der Waals surface area contributed by atoms with E-state index in [-0.39, 0.29) is 23.6 Å². The highest BCUT2D eigenvalue weighted by Crippen LogP contribution is 2.16. The number of hydrogen-bond donors (Lipinski definition) is 1. The number of aryl methyl sites for hydroxylation is 1. The van der Waals surface area contributed by atoms with Gasteiger partial charge in [0.05, 0.1) is 0 Å². The summed E-state index contributed by atoms with van der Waals surface area (Å²) in [6.07, 6.45) is 1.33. The molecular weight excluding hydrogens is 280 g/mol. The second-order valence-corrected chi connectivity index (χ2v) is 4.99. The first kappa shape index (κ1) is 16.4. The van der Waals surface area contributed by atoms with Gasteiger partial charge in [0.25, 0.3) is 5.91 Å². The van der Waals surface area contributed by atoms with Crippen LogP contribution >= 0.6 is 11.6 Å². The molecule has 110 valence electrons. The number of pyridine rings is 1. The molecule has 0 aromatic carbocycles. The zero-order valence-corrected chi connectivity index (χ0v) is 12.6. The molecule has 0 saturated carbocycles. The molecule has 0 saturated heterocycles. The highest BCUT2D eigenvalue weighted by molar-refractivity contribution is 6.29. The van der Waals surface area contributed by atoms with Crippen LogP contribution in [0.2, 0.25) is 5.15 Å². The molecule has 0 radical (unpaired) electrons. The van der Waals surface area contributed by atoms with Gasteiger partial charge in [0.15, 0.2) is 0 Å². The Morgan fingerprint density at radius 3 is 2.55 bits per heavy atom. The van der Waals surface area contributed by atoms with Crippen LogP contribution in [0, 0.1) is 0 Å². The number of hydrogen-bond acceptors (Lipinski definition) is 3. The number of carboxylic acid groups (broad SMARTS) is 1. The van der Waals surface area contributed by atoms with Gasteiger partial charge in [-0.15, -0.1) is 0 Å². The molecule has 1 aromatic heterocycles. The maximum Gasteiger partial charge on any atom is 0.323 e. The Bertz CT molecular complexity index is 505. The molecule has 1 rings (SSSR count). The number of carbonyl (C=O) groups is 2. The Balaban J connectivity index is 3.11. The highest BCUT2D eigenvalue weighted by Gasteiger charge is 2.23. The van der Waals surface area contributed by atoms with Gasteiger partial charge in [0, 0.05) is 17.3 Å². The lowest BCUT2D eigenvalue weighted by Gasteiger charge is -2.27. The van der Waals surface area contributed by atoms with Gasteiger partial charge in [-0.05, 0) is 31.9 Å². The van der Waals surface area contributed by atoms with Crippen molar-refractivity contribution in [1.29, 1.82) is 0 Å². The summed E-state index contributed by atoms with van der Waals surface area (Å²) in [6, 6.07) is 2.97. The lowest BCUT2D eigenvalue weighted by atomic mass is 10.1. The molecule has 6 heteroatoms. The highest BCUT2D eigenvalue weighted by atomic mass is 35.5. The summed E-state index contributed by atoms with van der Waals surface area (Å²) in [5.41, 5.74) is 1.09. The van der Waals surface area contributed by atoms with Crippen molar-refractivity contribution in [3.8, 4) is 0 Å². The minimum atomic E-state index is -1.03. The van der Waals surface area contributed by atoms with Crippen molar-refractivity contribution in [2.45, 2.75) is 39.7 Å². The summed E-state index contributed by atoms with van der Waals surface area (Å²) in [5, 5.41) is 9.19. The third kappa shape index (κ3) is 4.20. The number of amides is 1. The third-order valence-corrected chi connectivity index (χ3v) is 3.34. The summed E-state index contributed by atoms with van der Waals surface area (Å²) >= 11 is 5.90. The van der Waals surface area contributed by atoms with Crippen LogP contribution in [0.5, 0.6) is 0 Å². The van der Waals surface area contributed by atoms with Gasteiger partial charge in [-0.3, -0.25) is 9.59 Å². The van der Waals surface area contributed by atoms with Crippen LogP contribution in [-0.4, -0.2) is 39.5 Å². The van der Waals surface area contributed by atoms with E-state index in [0.29, 0.717) is 24.1 Å². The maximum absolute atomic E-state index is 12.5. The van der Waals surface area contributed by atoms with Crippen molar-refractivity contribution >= 4 is 23.5 Å². The molecule has 1 atom stereocenters. The number of rotatable bonds is 6. The molecule has 0 aliphatic heterocycles. The topological polar surface area (TPSA) is 70.5 Å². The Kier molecular flexibility index (Phi) is 5.95. The minimum absolute atomic E-state index is 0.157. The molecule has 0 aliphatic carbocycles. The van der Waals surface area contributed by atoms with Crippen LogP contribution in [0.4, 0.5) is 0 Å². The summed E-state index contributed by atoms with van der Waals surface area (Å²) in [5.74, 6) is -1.37.